The van der Waals surface area contributed by atoms with Gasteiger partial charge in [0.1, 0.15) is 0 Å². The fourth-order valence-corrected chi connectivity index (χ4v) is 3.39. The van der Waals surface area contributed by atoms with E-state index in [1.807, 2.05) is 11.3 Å². The molecule has 1 aromatic heterocycles. The molecule has 1 aliphatic carbocycles. The normalized spacial score (nSPS) is 16.8. The Hall–Kier alpha value is -1.12. The summed E-state index contributed by atoms with van der Waals surface area (Å²) < 4.78 is 0. The number of rotatable bonds is 4. The lowest BCUT2D eigenvalue weighted by Gasteiger charge is -2.06. The van der Waals surface area contributed by atoms with E-state index in [0.29, 0.717) is 0 Å². The Morgan fingerprint density at radius 2 is 1.89 bits per heavy atom. The van der Waals surface area contributed by atoms with Gasteiger partial charge in [-0.05, 0) is 48.4 Å². The van der Waals surface area contributed by atoms with Crippen molar-refractivity contribution in [1.29, 1.82) is 0 Å². The zero-order chi connectivity index (χ0) is 12.5. The Balaban J connectivity index is 1.82. The Kier molecular flexibility index (Phi) is 3.23. The molecule has 1 saturated carbocycles. The summed E-state index contributed by atoms with van der Waals surface area (Å²) in [6, 6.07) is 13.6. The van der Waals surface area contributed by atoms with Crippen molar-refractivity contribution in [2.45, 2.75) is 32.2 Å². The van der Waals surface area contributed by atoms with Crippen molar-refractivity contribution >= 4 is 11.3 Å². The highest BCUT2D eigenvalue weighted by Gasteiger charge is 2.30. The summed E-state index contributed by atoms with van der Waals surface area (Å²) >= 11 is 1.85. The molecule has 2 aromatic rings. The van der Waals surface area contributed by atoms with Gasteiger partial charge in [0.05, 0.1) is 0 Å². The van der Waals surface area contributed by atoms with Gasteiger partial charge in [0.15, 0.2) is 0 Å². The van der Waals surface area contributed by atoms with Crippen LogP contribution in [0.2, 0.25) is 0 Å². The first kappa shape index (κ1) is 11.9. The smallest absolute Gasteiger partial charge is 0.0418 e. The van der Waals surface area contributed by atoms with Crippen LogP contribution in [-0.2, 0) is 6.42 Å². The minimum Gasteiger partial charge on any atom is -0.323 e. The van der Waals surface area contributed by atoms with Crippen LogP contribution in [0.25, 0.3) is 10.4 Å². The Morgan fingerprint density at radius 3 is 2.50 bits per heavy atom. The van der Waals surface area contributed by atoms with Gasteiger partial charge in [-0.2, -0.15) is 0 Å². The first-order valence-corrected chi connectivity index (χ1v) is 7.54. The van der Waals surface area contributed by atoms with Gasteiger partial charge in [0, 0.05) is 15.8 Å². The first-order valence-electron chi connectivity index (χ1n) is 6.72. The summed E-state index contributed by atoms with van der Waals surface area (Å²) in [6.45, 7) is 2.19. The van der Waals surface area contributed by atoms with Gasteiger partial charge in [-0.3, -0.25) is 0 Å². The Morgan fingerprint density at radius 1 is 1.17 bits per heavy atom. The van der Waals surface area contributed by atoms with Gasteiger partial charge in [-0.15, -0.1) is 11.3 Å². The lowest BCUT2D eigenvalue weighted by atomic mass is 10.1. The summed E-state index contributed by atoms with van der Waals surface area (Å²) in [6.07, 6.45) is 3.71. The molecule has 1 heterocycles. The van der Waals surface area contributed by atoms with E-state index in [4.69, 9.17) is 5.73 Å². The second kappa shape index (κ2) is 4.87. The monoisotopic (exact) mass is 257 g/mol. The zero-order valence-electron chi connectivity index (χ0n) is 10.7. The van der Waals surface area contributed by atoms with E-state index in [-0.39, 0.29) is 6.04 Å². The molecular formula is C16H19NS. The molecule has 1 nitrogen and oxygen atoms in total. The van der Waals surface area contributed by atoms with Gasteiger partial charge < -0.3 is 5.73 Å². The SMILES string of the molecule is CCc1ccc(-c2ccc(C(N)C3CC3)s2)cc1. The Labute approximate surface area is 113 Å². The van der Waals surface area contributed by atoms with Gasteiger partial charge in [0.25, 0.3) is 0 Å². The number of thiophene rings is 1. The van der Waals surface area contributed by atoms with Gasteiger partial charge in [-0.25, -0.2) is 0 Å². The molecule has 18 heavy (non-hydrogen) atoms. The fourth-order valence-electron chi connectivity index (χ4n) is 2.28. The van der Waals surface area contributed by atoms with Crippen LogP contribution in [0.4, 0.5) is 0 Å². The lowest BCUT2D eigenvalue weighted by Crippen LogP contribution is -2.10. The molecule has 0 radical (unpaired) electrons. The molecule has 1 unspecified atom stereocenters. The minimum atomic E-state index is 0.263. The highest BCUT2D eigenvalue weighted by Crippen LogP contribution is 2.42. The predicted octanol–water partition coefficient (Wildman–Crippen LogP) is 4.39. The molecular weight excluding hydrogens is 238 g/mol. The molecule has 94 valence electrons. The van der Waals surface area contributed by atoms with Crippen LogP contribution in [0.15, 0.2) is 36.4 Å². The minimum absolute atomic E-state index is 0.263. The molecule has 0 spiro atoms. The second-order valence-corrected chi connectivity index (χ2v) is 6.23. The van der Waals surface area contributed by atoms with Gasteiger partial charge >= 0.3 is 0 Å². The third-order valence-electron chi connectivity index (χ3n) is 3.73. The highest BCUT2D eigenvalue weighted by molar-refractivity contribution is 7.15. The maximum Gasteiger partial charge on any atom is 0.0418 e. The Bertz CT molecular complexity index is 522. The quantitative estimate of drug-likeness (QED) is 0.864. The van der Waals surface area contributed by atoms with E-state index in [0.717, 1.165) is 12.3 Å². The van der Waals surface area contributed by atoms with E-state index < -0.39 is 0 Å². The third-order valence-corrected chi connectivity index (χ3v) is 4.97. The summed E-state index contributed by atoms with van der Waals surface area (Å²) in [5.74, 6) is 0.735. The molecule has 1 atom stereocenters. The average Bonchev–Trinajstić information content (AvgIpc) is 3.15. The van der Waals surface area contributed by atoms with Crippen molar-refractivity contribution in [2.75, 3.05) is 0 Å². The number of nitrogens with two attached hydrogens (primary N) is 1. The molecule has 0 amide bonds. The molecule has 2 heteroatoms. The lowest BCUT2D eigenvalue weighted by molar-refractivity contribution is 0.645. The van der Waals surface area contributed by atoms with Crippen LogP contribution in [0.3, 0.4) is 0 Å². The summed E-state index contributed by atoms with van der Waals surface area (Å²) in [5, 5.41) is 0. The van der Waals surface area contributed by atoms with Crippen molar-refractivity contribution in [3.63, 3.8) is 0 Å². The van der Waals surface area contributed by atoms with Crippen molar-refractivity contribution in [3.8, 4) is 10.4 Å². The van der Waals surface area contributed by atoms with Crippen molar-refractivity contribution < 1.29 is 0 Å². The van der Waals surface area contributed by atoms with Crippen LogP contribution < -0.4 is 5.73 Å². The van der Waals surface area contributed by atoms with E-state index in [1.165, 1.54) is 33.7 Å². The molecule has 1 aromatic carbocycles. The van der Waals surface area contributed by atoms with Crippen LogP contribution >= 0.6 is 11.3 Å². The molecule has 0 bridgehead atoms. The van der Waals surface area contributed by atoms with Crippen LogP contribution in [-0.4, -0.2) is 0 Å². The topological polar surface area (TPSA) is 26.0 Å². The highest BCUT2D eigenvalue weighted by atomic mass is 32.1. The molecule has 2 N–H and O–H groups in total. The van der Waals surface area contributed by atoms with Crippen LogP contribution in [0.5, 0.6) is 0 Å². The standard InChI is InChI=1S/C16H19NS/c1-2-11-3-5-12(6-4-11)14-9-10-15(18-14)16(17)13-7-8-13/h3-6,9-10,13,16H,2,7-8,17H2,1H3. The molecule has 3 rings (SSSR count). The molecule has 0 aliphatic heterocycles. The van der Waals surface area contributed by atoms with Gasteiger partial charge in [-0.1, -0.05) is 31.2 Å². The number of hydrogen-bond acceptors (Lipinski definition) is 2. The third kappa shape index (κ3) is 2.36. The maximum absolute atomic E-state index is 6.25. The molecule has 1 aliphatic rings. The largest absolute Gasteiger partial charge is 0.323 e. The number of hydrogen-bond donors (Lipinski definition) is 1. The summed E-state index contributed by atoms with van der Waals surface area (Å²) in [7, 11) is 0. The summed E-state index contributed by atoms with van der Waals surface area (Å²) in [4.78, 5) is 2.68. The fraction of sp³-hybridized carbons (Fsp3) is 0.375. The molecule has 0 saturated heterocycles. The maximum atomic E-state index is 6.25. The average molecular weight is 257 g/mol. The van der Waals surface area contributed by atoms with E-state index >= 15 is 0 Å². The van der Waals surface area contributed by atoms with E-state index in [2.05, 4.69) is 43.3 Å². The second-order valence-electron chi connectivity index (χ2n) is 5.12. The van der Waals surface area contributed by atoms with Gasteiger partial charge in [0.2, 0.25) is 0 Å². The van der Waals surface area contributed by atoms with Crippen LogP contribution in [0, 0.1) is 5.92 Å². The van der Waals surface area contributed by atoms with E-state index in [1.54, 1.807) is 0 Å². The molecule has 1 fully saturated rings. The number of aryl methyl sites for hydroxylation is 1. The van der Waals surface area contributed by atoms with Crippen molar-refractivity contribution in [3.05, 3.63) is 46.8 Å². The zero-order valence-corrected chi connectivity index (χ0v) is 11.5. The van der Waals surface area contributed by atoms with E-state index in [9.17, 15) is 0 Å². The summed E-state index contributed by atoms with van der Waals surface area (Å²) in [5.41, 5.74) is 8.95. The van der Waals surface area contributed by atoms with Crippen molar-refractivity contribution in [2.24, 2.45) is 11.7 Å². The van der Waals surface area contributed by atoms with Crippen molar-refractivity contribution in [1.82, 2.24) is 0 Å². The van der Waals surface area contributed by atoms with Crippen LogP contribution in [0.1, 0.15) is 36.2 Å². The number of benzene rings is 1. The predicted molar refractivity (Wildman–Crippen MR) is 78.8 cm³/mol. The first-order chi connectivity index (χ1) is 8.78.